The zero-order chi connectivity index (χ0) is 28.2. The third-order valence-electron chi connectivity index (χ3n) is 4.80. The zero-order valence-corrected chi connectivity index (χ0v) is 23.7. The largest absolute Gasteiger partial charge is 0.490 e. The monoisotopic (exact) mass is 574 g/mol. The van der Waals surface area contributed by atoms with Gasteiger partial charge in [0.15, 0.2) is 15.8 Å². The molecule has 0 spiro atoms. The maximum absolute atomic E-state index is 13.0. The number of anilines is 2. The molecule has 3 aromatic rings. The van der Waals surface area contributed by atoms with Crippen LogP contribution in [0.4, 0.5) is 10.8 Å². The minimum absolute atomic E-state index is 0.0799. The number of ether oxygens (including phenoxy) is 4. The highest BCUT2D eigenvalue weighted by Gasteiger charge is 2.20. The summed E-state index contributed by atoms with van der Waals surface area (Å²) in [7, 11) is 0. The zero-order valence-electron chi connectivity index (χ0n) is 22.1. The highest BCUT2D eigenvalue weighted by molar-refractivity contribution is 8.01. The van der Waals surface area contributed by atoms with Crippen molar-refractivity contribution in [1.29, 1.82) is 0 Å². The Kier molecular flexibility index (Phi) is 11.4. The van der Waals surface area contributed by atoms with Crippen LogP contribution in [0.25, 0.3) is 0 Å². The second kappa shape index (κ2) is 14.9. The summed E-state index contributed by atoms with van der Waals surface area (Å²) in [5, 5.41) is 13.8. The van der Waals surface area contributed by atoms with Crippen molar-refractivity contribution < 1.29 is 33.3 Å². The average Bonchev–Trinajstić information content (AvgIpc) is 3.37. The topological polar surface area (TPSA) is 138 Å². The standard InChI is InChI=1S/C26H30N4O7S2/c1-5-34-19-13-17(14-20(35-6-2)22(19)36-7-3)23(32)28-25-29-30-26(39-25)38-15-21(31)27-18-11-9-16(10-12-18)24(33)37-8-4/h9-14H,5-8,15H2,1-4H3,(H,27,31)(H,28,29,32). The van der Waals surface area contributed by atoms with E-state index in [0.717, 1.165) is 11.3 Å². The highest BCUT2D eigenvalue weighted by atomic mass is 32.2. The van der Waals surface area contributed by atoms with Crippen molar-refractivity contribution in [2.24, 2.45) is 0 Å². The fourth-order valence-corrected chi connectivity index (χ4v) is 4.78. The van der Waals surface area contributed by atoms with Gasteiger partial charge in [-0.2, -0.15) is 0 Å². The summed E-state index contributed by atoms with van der Waals surface area (Å²) in [6.45, 7) is 8.74. The second-order valence-electron chi connectivity index (χ2n) is 7.56. The summed E-state index contributed by atoms with van der Waals surface area (Å²) < 4.78 is 22.5. The molecule has 11 nitrogen and oxygen atoms in total. The van der Waals surface area contributed by atoms with Crippen molar-refractivity contribution in [2.75, 3.05) is 42.8 Å². The van der Waals surface area contributed by atoms with Crippen LogP contribution >= 0.6 is 23.1 Å². The summed E-state index contributed by atoms with van der Waals surface area (Å²) in [5.41, 5.74) is 1.26. The third-order valence-corrected chi connectivity index (χ3v) is 6.78. The molecule has 208 valence electrons. The van der Waals surface area contributed by atoms with Gasteiger partial charge in [0.2, 0.25) is 16.8 Å². The lowest BCUT2D eigenvalue weighted by molar-refractivity contribution is -0.113. The Morgan fingerprint density at radius 3 is 2.05 bits per heavy atom. The molecule has 13 heteroatoms. The quantitative estimate of drug-likeness (QED) is 0.155. The van der Waals surface area contributed by atoms with Crippen molar-refractivity contribution in [3.63, 3.8) is 0 Å². The fourth-order valence-electron chi connectivity index (χ4n) is 3.24. The average molecular weight is 575 g/mol. The second-order valence-corrected chi connectivity index (χ2v) is 9.76. The van der Waals surface area contributed by atoms with Crippen molar-refractivity contribution in [2.45, 2.75) is 32.0 Å². The third kappa shape index (κ3) is 8.58. The summed E-state index contributed by atoms with van der Waals surface area (Å²) in [6, 6.07) is 9.60. The molecule has 1 aromatic heterocycles. The maximum atomic E-state index is 13.0. The normalized spacial score (nSPS) is 10.5. The molecule has 39 heavy (non-hydrogen) atoms. The van der Waals surface area contributed by atoms with Crippen molar-refractivity contribution in [3.8, 4) is 17.2 Å². The number of esters is 1. The number of aromatic nitrogens is 2. The first-order chi connectivity index (χ1) is 18.9. The van der Waals surface area contributed by atoms with Gasteiger partial charge >= 0.3 is 5.97 Å². The van der Waals surface area contributed by atoms with Crippen LogP contribution in [0, 0.1) is 0 Å². The number of nitrogens with one attached hydrogen (secondary N) is 2. The number of carbonyl (C=O) groups is 3. The first-order valence-corrected chi connectivity index (χ1v) is 14.1. The van der Waals surface area contributed by atoms with E-state index in [1.54, 1.807) is 43.3 Å². The minimum Gasteiger partial charge on any atom is -0.490 e. The molecule has 0 fully saturated rings. The molecule has 0 aliphatic carbocycles. The van der Waals surface area contributed by atoms with Gasteiger partial charge in [-0.25, -0.2) is 4.79 Å². The van der Waals surface area contributed by atoms with Crippen LogP contribution < -0.4 is 24.8 Å². The lowest BCUT2D eigenvalue weighted by atomic mass is 10.1. The Morgan fingerprint density at radius 2 is 1.46 bits per heavy atom. The van der Waals surface area contributed by atoms with Crippen molar-refractivity contribution in [3.05, 3.63) is 47.5 Å². The van der Waals surface area contributed by atoms with Crippen molar-refractivity contribution in [1.82, 2.24) is 10.2 Å². The molecule has 1 heterocycles. The van der Waals surface area contributed by atoms with Crippen LogP contribution in [0.5, 0.6) is 17.2 Å². The van der Waals surface area contributed by atoms with E-state index >= 15 is 0 Å². The number of thioether (sulfide) groups is 1. The summed E-state index contributed by atoms with van der Waals surface area (Å²) >= 11 is 2.33. The predicted molar refractivity (Wildman–Crippen MR) is 150 cm³/mol. The molecular formula is C26H30N4O7S2. The lowest BCUT2D eigenvalue weighted by Gasteiger charge is -2.16. The molecule has 2 aromatic carbocycles. The molecule has 0 aliphatic heterocycles. The molecule has 0 saturated heterocycles. The van der Waals surface area contributed by atoms with E-state index in [4.69, 9.17) is 18.9 Å². The van der Waals surface area contributed by atoms with E-state index < -0.39 is 11.9 Å². The van der Waals surface area contributed by atoms with E-state index in [0.29, 0.717) is 58.2 Å². The van der Waals surface area contributed by atoms with Crippen LogP contribution in [0.2, 0.25) is 0 Å². The number of rotatable bonds is 14. The fraction of sp³-hybridized carbons (Fsp3) is 0.346. The van der Waals surface area contributed by atoms with Gasteiger partial charge in [-0.1, -0.05) is 23.1 Å². The number of hydrogen-bond donors (Lipinski definition) is 2. The molecule has 0 bridgehead atoms. The lowest BCUT2D eigenvalue weighted by Crippen LogP contribution is -2.14. The summed E-state index contributed by atoms with van der Waals surface area (Å²) in [4.78, 5) is 37.0. The Hall–Kier alpha value is -3.84. The van der Waals surface area contributed by atoms with E-state index in [1.807, 2.05) is 20.8 Å². The van der Waals surface area contributed by atoms with Gasteiger partial charge in [0.05, 0.1) is 37.7 Å². The van der Waals surface area contributed by atoms with Gasteiger partial charge in [0.25, 0.3) is 5.91 Å². The maximum Gasteiger partial charge on any atom is 0.338 e. The van der Waals surface area contributed by atoms with Crippen LogP contribution in [-0.4, -0.2) is 60.2 Å². The highest BCUT2D eigenvalue weighted by Crippen LogP contribution is 2.39. The minimum atomic E-state index is -0.420. The summed E-state index contributed by atoms with van der Waals surface area (Å²) in [5.74, 6) is 0.243. The Bertz CT molecular complexity index is 1250. The molecule has 3 rings (SSSR count). The Morgan fingerprint density at radius 1 is 0.821 bits per heavy atom. The van der Waals surface area contributed by atoms with E-state index in [2.05, 4.69) is 20.8 Å². The smallest absolute Gasteiger partial charge is 0.338 e. The number of benzene rings is 2. The molecule has 2 amide bonds. The van der Waals surface area contributed by atoms with Gasteiger partial charge in [0, 0.05) is 11.3 Å². The SMILES string of the molecule is CCOC(=O)c1ccc(NC(=O)CSc2nnc(NC(=O)c3cc(OCC)c(OCC)c(OCC)c3)s2)cc1. The van der Waals surface area contributed by atoms with Crippen LogP contribution in [-0.2, 0) is 9.53 Å². The van der Waals surface area contributed by atoms with Crippen molar-refractivity contribution >= 4 is 51.7 Å². The van der Waals surface area contributed by atoms with Gasteiger partial charge in [-0.3, -0.25) is 14.9 Å². The molecule has 0 unspecified atom stereocenters. The van der Waals surface area contributed by atoms with Gasteiger partial charge in [-0.05, 0) is 64.1 Å². The molecule has 0 atom stereocenters. The molecular weight excluding hydrogens is 544 g/mol. The van der Waals surface area contributed by atoms with E-state index in [-0.39, 0.29) is 23.4 Å². The number of amides is 2. The van der Waals surface area contributed by atoms with Gasteiger partial charge in [-0.15, -0.1) is 10.2 Å². The van der Waals surface area contributed by atoms with E-state index in [9.17, 15) is 14.4 Å². The van der Waals surface area contributed by atoms with E-state index in [1.165, 1.54) is 11.8 Å². The van der Waals surface area contributed by atoms with Crippen LogP contribution in [0.3, 0.4) is 0 Å². The summed E-state index contributed by atoms with van der Waals surface area (Å²) in [6.07, 6.45) is 0. The molecule has 0 saturated carbocycles. The Balaban J connectivity index is 1.59. The first-order valence-electron chi connectivity index (χ1n) is 12.3. The Labute approximate surface area is 234 Å². The van der Waals surface area contributed by atoms with Gasteiger partial charge in [0.1, 0.15) is 0 Å². The number of carbonyl (C=O) groups excluding carboxylic acids is 3. The molecule has 0 aliphatic rings. The number of nitrogens with zero attached hydrogens (tertiary/aromatic N) is 2. The number of hydrogen-bond acceptors (Lipinski definition) is 11. The van der Waals surface area contributed by atoms with Crippen LogP contribution in [0.1, 0.15) is 48.4 Å². The predicted octanol–water partition coefficient (Wildman–Crippen LogP) is 4.89. The first kappa shape index (κ1) is 29.7. The molecule has 0 radical (unpaired) electrons. The van der Waals surface area contributed by atoms with Crippen LogP contribution in [0.15, 0.2) is 40.7 Å². The molecule has 2 N–H and O–H groups in total. The van der Waals surface area contributed by atoms with Gasteiger partial charge < -0.3 is 24.3 Å².